The van der Waals surface area contributed by atoms with Gasteiger partial charge in [0.1, 0.15) is 6.29 Å². The van der Waals surface area contributed by atoms with Gasteiger partial charge in [-0.1, -0.05) is 35.3 Å². The van der Waals surface area contributed by atoms with Gasteiger partial charge in [-0.25, -0.2) is 0 Å². The van der Waals surface area contributed by atoms with Gasteiger partial charge in [0.15, 0.2) is 0 Å². The largest absolute Gasteiger partial charge is 0.302 e. The number of carbonyl (C=O) groups is 1. The lowest BCUT2D eigenvalue weighted by molar-refractivity contribution is -0.111. The zero-order valence-corrected chi connectivity index (χ0v) is 8.99. The van der Waals surface area contributed by atoms with Crippen LogP contribution < -0.4 is 0 Å². The lowest BCUT2D eigenvalue weighted by Crippen LogP contribution is -2.19. The molecular weight excluding hydrogens is 207 g/mol. The Bertz CT molecular complexity index is 332. The topological polar surface area (TPSA) is 17.1 Å². The summed E-state index contributed by atoms with van der Waals surface area (Å²) in [6.45, 7) is 3.61. The molecule has 0 atom stereocenters. The van der Waals surface area contributed by atoms with Crippen molar-refractivity contribution in [3.05, 3.63) is 33.8 Å². The summed E-state index contributed by atoms with van der Waals surface area (Å²) in [5.74, 6) is 0. The molecular formula is C10H10Cl2O. The van der Waals surface area contributed by atoms with Crippen LogP contribution in [0.3, 0.4) is 0 Å². The fourth-order valence-corrected chi connectivity index (χ4v) is 1.61. The fourth-order valence-electron chi connectivity index (χ4n) is 1.06. The van der Waals surface area contributed by atoms with E-state index in [1.807, 2.05) is 6.07 Å². The molecule has 0 spiro atoms. The van der Waals surface area contributed by atoms with Crippen LogP contribution in [0.25, 0.3) is 0 Å². The van der Waals surface area contributed by atoms with E-state index < -0.39 is 5.41 Å². The van der Waals surface area contributed by atoms with Crippen LogP contribution in [0.4, 0.5) is 0 Å². The van der Waals surface area contributed by atoms with Gasteiger partial charge in [-0.2, -0.15) is 0 Å². The second kappa shape index (κ2) is 3.69. The molecule has 0 saturated carbocycles. The summed E-state index contributed by atoms with van der Waals surface area (Å²) >= 11 is 11.8. The number of hydrogen-bond donors (Lipinski definition) is 0. The third-order valence-electron chi connectivity index (χ3n) is 1.94. The van der Waals surface area contributed by atoms with Crippen molar-refractivity contribution in [1.29, 1.82) is 0 Å². The summed E-state index contributed by atoms with van der Waals surface area (Å²) in [6.07, 6.45) is 0.866. The highest BCUT2D eigenvalue weighted by Gasteiger charge is 2.23. The summed E-state index contributed by atoms with van der Waals surface area (Å²) in [7, 11) is 0. The van der Waals surface area contributed by atoms with Gasteiger partial charge in [0.2, 0.25) is 0 Å². The van der Waals surface area contributed by atoms with Crippen LogP contribution in [-0.2, 0) is 10.2 Å². The van der Waals surface area contributed by atoms with E-state index in [-0.39, 0.29) is 0 Å². The number of halogens is 2. The smallest absolute Gasteiger partial charge is 0.130 e. The van der Waals surface area contributed by atoms with Crippen molar-refractivity contribution in [2.45, 2.75) is 19.3 Å². The maximum atomic E-state index is 10.8. The lowest BCUT2D eigenvalue weighted by Gasteiger charge is -2.19. The molecule has 0 aliphatic rings. The van der Waals surface area contributed by atoms with E-state index in [4.69, 9.17) is 23.2 Å². The zero-order chi connectivity index (χ0) is 10.1. The number of hydrogen-bond acceptors (Lipinski definition) is 1. The molecule has 0 radical (unpaired) electrons. The van der Waals surface area contributed by atoms with Crippen molar-refractivity contribution >= 4 is 29.5 Å². The average Bonchev–Trinajstić information content (AvgIpc) is 2.09. The minimum absolute atomic E-state index is 0.460. The minimum atomic E-state index is -0.581. The first kappa shape index (κ1) is 10.6. The molecule has 1 nitrogen and oxygen atoms in total. The predicted molar refractivity (Wildman–Crippen MR) is 55.6 cm³/mol. The third-order valence-corrected chi connectivity index (χ3v) is 2.76. The summed E-state index contributed by atoms with van der Waals surface area (Å²) in [6, 6.07) is 5.30. The molecule has 0 amide bonds. The van der Waals surface area contributed by atoms with Crippen LogP contribution in [0.2, 0.25) is 10.0 Å². The van der Waals surface area contributed by atoms with Gasteiger partial charge in [0, 0.05) is 5.41 Å². The monoisotopic (exact) mass is 216 g/mol. The van der Waals surface area contributed by atoms with E-state index in [1.165, 1.54) is 0 Å². The highest BCUT2D eigenvalue weighted by atomic mass is 35.5. The molecule has 1 aromatic carbocycles. The van der Waals surface area contributed by atoms with Gasteiger partial charge < -0.3 is 4.79 Å². The van der Waals surface area contributed by atoms with Crippen molar-refractivity contribution < 1.29 is 4.79 Å². The standard InChI is InChI=1S/C10H10Cl2O/c1-10(2,6-13)7-4-3-5-8(11)9(7)12/h3-6H,1-2H3. The summed E-state index contributed by atoms with van der Waals surface area (Å²) < 4.78 is 0. The van der Waals surface area contributed by atoms with Gasteiger partial charge >= 0.3 is 0 Å². The van der Waals surface area contributed by atoms with Gasteiger partial charge in [-0.15, -0.1) is 0 Å². The van der Waals surface area contributed by atoms with Crippen LogP contribution >= 0.6 is 23.2 Å². The Labute approximate surface area is 87.7 Å². The molecule has 3 heteroatoms. The molecule has 13 heavy (non-hydrogen) atoms. The Kier molecular flexibility index (Phi) is 2.99. The quantitative estimate of drug-likeness (QED) is 0.693. The van der Waals surface area contributed by atoms with E-state index >= 15 is 0 Å². The van der Waals surface area contributed by atoms with Crippen molar-refractivity contribution in [1.82, 2.24) is 0 Å². The number of benzene rings is 1. The first-order chi connectivity index (χ1) is 5.99. The highest BCUT2D eigenvalue weighted by molar-refractivity contribution is 6.42. The minimum Gasteiger partial charge on any atom is -0.302 e. The summed E-state index contributed by atoms with van der Waals surface area (Å²) in [5, 5.41) is 0.940. The Morgan fingerprint density at radius 3 is 2.46 bits per heavy atom. The second-order valence-electron chi connectivity index (χ2n) is 3.44. The van der Waals surface area contributed by atoms with Crippen molar-refractivity contribution in [3.8, 4) is 0 Å². The maximum Gasteiger partial charge on any atom is 0.130 e. The van der Waals surface area contributed by atoms with Crippen LogP contribution in [0.15, 0.2) is 18.2 Å². The third kappa shape index (κ3) is 2.04. The Morgan fingerprint density at radius 1 is 1.31 bits per heavy atom. The predicted octanol–water partition coefficient (Wildman–Crippen LogP) is 3.47. The second-order valence-corrected chi connectivity index (χ2v) is 4.23. The SMILES string of the molecule is CC(C)(C=O)c1cccc(Cl)c1Cl. The summed E-state index contributed by atoms with van der Waals surface area (Å²) in [4.78, 5) is 10.8. The molecule has 0 aliphatic carbocycles. The van der Waals surface area contributed by atoms with Crippen molar-refractivity contribution in [3.63, 3.8) is 0 Å². The molecule has 0 aromatic heterocycles. The molecule has 70 valence electrons. The van der Waals surface area contributed by atoms with E-state index in [0.29, 0.717) is 10.0 Å². The molecule has 0 N–H and O–H groups in total. The number of rotatable bonds is 2. The molecule has 0 saturated heterocycles. The molecule has 0 fully saturated rings. The van der Waals surface area contributed by atoms with E-state index in [1.54, 1.807) is 26.0 Å². The summed E-state index contributed by atoms with van der Waals surface area (Å²) in [5.41, 5.74) is 0.179. The van der Waals surface area contributed by atoms with Gasteiger partial charge in [0.05, 0.1) is 10.0 Å². The average molecular weight is 217 g/mol. The van der Waals surface area contributed by atoms with E-state index in [0.717, 1.165) is 11.8 Å². The molecule has 0 bridgehead atoms. The van der Waals surface area contributed by atoms with Crippen LogP contribution in [0, 0.1) is 0 Å². The molecule has 0 unspecified atom stereocenters. The highest BCUT2D eigenvalue weighted by Crippen LogP contribution is 2.33. The zero-order valence-electron chi connectivity index (χ0n) is 7.47. The first-order valence-electron chi connectivity index (χ1n) is 3.90. The molecule has 1 aromatic rings. The van der Waals surface area contributed by atoms with E-state index in [2.05, 4.69) is 0 Å². The van der Waals surface area contributed by atoms with Crippen LogP contribution in [0.5, 0.6) is 0 Å². The van der Waals surface area contributed by atoms with Gasteiger partial charge in [-0.3, -0.25) is 0 Å². The number of aldehydes is 1. The van der Waals surface area contributed by atoms with Crippen LogP contribution in [0.1, 0.15) is 19.4 Å². The van der Waals surface area contributed by atoms with Gasteiger partial charge in [-0.05, 0) is 25.5 Å². The first-order valence-corrected chi connectivity index (χ1v) is 4.65. The van der Waals surface area contributed by atoms with E-state index in [9.17, 15) is 4.79 Å². The lowest BCUT2D eigenvalue weighted by atomic mass is 9.86. The fraction of sp³-hybridized carbons (Fsp3) is 0.300. The normalized spacial score (nSPS) is 11.4. The number of carbonyl (C=O) groups excluding carboxylic acids is 1. The molecule has 0 aliphatic heterocycles. The van der Waals surface area contributed by atoms with Gasteiger partial charge in [0.25, 0.3) is 0 Å². The van der Waals surface area contributed by atoms with Crippen molar-refractivity contribution in [2.75, 3.05) is 0 Å². The molecule has 0 heterocycles. The van der Waals surface area contributed by atoms with Crippen molar-refractivity contribution in [2.24, 2.45) is 0 Å². The Morgan fingerprint density at radius 2 is 1.92 bits per heavy atom. The Hall–Kier alpha value is -0.530. The molecule has 1 rings (SSSR count). The van der Waals surface area contributed by atoms with Crippen LogP contribution in [-0.4, -0.2) is 6.29 Å². The maximum absolute atomic E-state index is 10.8. The Balaban J connectivity index is 3.30.